The van der Waals surface area contributed by atoms with Crippen LogP contribution in [-0.2, 0) is 9.59 Å². The predicted octanol–water partition coefficient (Wildman–Crippen LogP) is -1.02. The minimum absolute atomic E-state index is 0.0381. The van der Waals surface area contributed by atoms with Crippen molar-refractivity contribution in [3.05, 3.63) is 0 Å². The summed E-state index contributed by atoms with van der Waals surface area (Å²) in [6.45, 7) is 1.70. The predicted molar refractivity (Wildman–Crippen MR) is 52.1 cm³/mol. The lowest BCUT2D eigenvalue weighted by Gasteiger charge is -2.18. The monoisotopic (exact) mass is 217 g/mol. The van der Waals surface area contributed by atoms with Crippen molar-refractivity contribution < 1.29 is 19.5 Å². The van der Waals surface area contributed by atoms with Gasteiger partial charge >= 0.3 is 12.0 Å². The summed E-state index contributed by atoms with van der Waals surface area (Å²) >= 11 is 0. The van der Waals surface area contributed by atoms with Gasteiger partial charge in [-0.25, -0.2) is 4.79 Å². The van der Waals surface area contributed by atoms with Gasteiger partial charge in [0.15, 0.2) is 0 Å². The fourth-order valence-corrected chi connectivity index (χ4v) is 0.895. The number of nitrogens with one attached hydrogen (secondary N) is 1. The van der Waals surface area contributed by atoms with E-state index in [-0.39, 0.29) is 26.1 Å². The molecule has 0 aromatic rings. The zero-order valence-electron chi connectivity index (χ0n) is 8.52. The number of urea groups is 1. The van der Waals surface area contributed by atoms with Gasteiger partial charge in [-0.2, -0.15) is 0 Å². The number of nitrogens with two attached hydrogens (primary N) is 1. The number of carbonyl (C=O) groups excluding carboxylic acids is 2. The molecule has 0 unspecified atom stereocenters. The number of carboxylic acids is 1. The van der Waals surface area contributed by atoms with Crippen molar-refractivity contribution in [2.45, 2.75) is 13.3 Å². The maximum absolute atomic E-state index is 11.3. The molecule has 0 heterocycles. The second-order valence-electron chi connectivity index (χ2n) is 2.86. The molecule has 0 aliphatic rings. The molecule has 86 valence electrons. The Bertz CT molecular complexity index is 254. The first-order valence-electron chi connectivity index (χ1n) is 4.50. The van der Waals surface area contributed by atoms with Crippen LogP contribution >= 0.6 is 0 Å². The number of rotatable bonds is 6. The van der Waals surface area contributed by atoms with Crippen LogP contribution in [0.2, 0.25) is 0 Å². The van der Waals surface area contributed by atoms with Crippen LogP contribution in [0.25, 0.3) is 0 Å². The first kappa shape index (κ1) is 13.2. The van der Waals surface area contributed by atoms with Crippen LogP contribution in [0.15, 0.2) is 0 Å². The molecule has 0 spiro atoms. The molecule has 0 saturated carbocycles. The highest BCUT2D eigenvalue weighted by Crippen LogP contribution is 1.89. The lowest BCUT2D eigenvalue weighted by molar-refractivity contribution is -0.137. The maximum Gasteiger partial charge on any atom is 0.323 e. The molecule has 0 aromatic heterocycles. The van der Waals surface area contributed by atoms with Gasteiger partial charge in [0, 0.05) is 19.5 Å². The van der Waals surface area contributed by atoms with Crippen LogP contribution in [0.5, 0.6) is 0 Å². The first-order chi connectivity index (χ1) is 6.97. The average Bonchev–Trinajstić information content (AvgIpc) is 2.13. The smallest absolute Gasteiger partial charge is 0.323 e. The highest BCUT2D eigenvalue weighted by Gasteiger charge is 2.13. The standard InChI is InChI=1S/C8H15N3O4/c1-2-11(5-7(13)14)8(15)10-4-3-6(9)12/h2-5H2,1H3,(H2,9,12)(H,10,15)(H,13,14). The zero-order valence-corrected chi connectivity index (χ0v) is 8.52. The molecule has 7 heteroatoms. The minimum atomic E-state index is -1.08. The number of aliphatic carboxylic acids is 1. The second kappa shape index (κ2) is 6.63. The fraction of sp³-hybridized carbons (Fsp3) is 0.625. The van der Waals surface area contributed by atoms with Crippen molar-refractivity contribution >= 4 is 17.9 Å². The van der Waals surface area contributed by atoms with Crippen molar-refractivity contribution in [1.82, 2.24) is 10.2 Å². The third-order valence-corrected chi connectivity index (χ3v) is 1.64. The Morgan fingerprint density at radius 2 is 2.00 bits per heavy atom. The van der Waals surface area contributed by atoms with E-state index in [1.807, 2.05) is 0 Å². The number of carbonyl (C=O) groups is 3. The van der Waals surface area contributed by atoms with E-state index in [1.54, 1.807) is 6.92 Å². The van der Waals surface area contributed by atoms with Gasteiger partial charge in [-0.15, -0.1) is 0 Å². The fourth-order valence-electron chi connectivity index (χ4n) is 0.895. The molecule has 0 atom stereocenters. The van der Waals surface area contributed by atoms with E-state index >= 15 is 0 Å². The molecule has 0 aliphatic carbocycles. The van der Waals surface area contributed by atoms with Crippen molar-refractivity contribution in [1.29, 1.82) is 0 Å². The van der Waals surface area contributed by atoms with Crippen molar-refractivity contribution in [2.75, 3.05) is 19.6 Å². The highest BCUT2D eigenvalue weighted by molar-refractivity contribution is 5.80. The molecule has 0 saturated heterocycles. The van der Waals surface area contributed by atoms with Gasteiger partial charge in [0.1, 0.15) is 6.54 Å². The largest absolute Gasteiger partial charge is 0.480 e. The lowest BCUT2D eigenvalue weighted by Crippen LogP contribution is -2.43. The van der Waals surface area contributed by atoms with E-state index in [9.17, 15) is 14.4 Å². The van der Waals surface area contributed by atoms with Crippen molar-refractivity contribution in [2.24, 2.45) is 5.73 Å². The summed E-state index contributed by atoms with van der Waals surface area (Å²) < 4.78 is 0. The van der Waals surface area contributed by atoms with E-state index in [0.29, 0.717) is 0 Å². The molecule has 0 aliphatic heterocycles. The molecular formula is C8H15N3O4. The molecule has 0 aromatic carbocycles. The van der Waals surface area contributed by atoms with Crippen LogP contribution in [0, 0.1) is 0 Å². The Morgan fingerprint density at radius 3 is 2.40 bits per heavy atom. The van der Waals surface area contributed by atoms with Crippen LogP contribution in [0.3, 0.4) is 0 Å². The van der Waals surface area contributed by atoms with Gasteiger partial charge in [-0.05, 0) is 6.92 Å². The van der Waals surface area contributed by atoms with Gasteiger partial charge in [-0.1, -0.05) is 0 Å². The minimum Gasteiger partial charge on any atom is -0.480 e. The maximum atomic E-state index is 11.3. The molecule has 0 fully saturated rings. The Balaban J connectivity index is 3.93. The summed E-state index contributed by atoms with van der Waals surface area (Å²) in [6, 6.07) is -0.513. The van der Waals surface area contributed by atoms with E-state index in [0.717, 1.165) is 4.90 Å². The SMILES string of the molecule is CCN(CC(=O)O)C(=O)NCCC(N)=O. The molecule has 15 heavy (non-hydrogen) atoms. The average molecular weight is 217 g/mol. The summed E-state index contributed by atoms with van der Waals surface area (Å²) in [5.41, 5.74) is 4.87. The quantitative estimate of drug-likeness (QED) is 0.528. The Labute approximate surface area is 87.2 Å². The summed E-state index contributed by atoms with van der Waals surface area (Å²) in [5.74, 6) is -1.60. The third kappa shape index (κ3) is 6.30. The normalized spacial score (nSPS) is 9.40. The van der Waals surface area contributed by atoms with Gasteiger partial charge in [-0.3, -0.25) is 9.59 Å². The number of hydrogen-bond donors (Lipinski definition) is 3. The van der Waals surface area contributed by atoms with Crippen LogP contribution in [-0.4, -0.2) is 47.5 Å². The molecule has 7 nitrogen and oxygen atoms in total. The third-order valence-electron chi connectivity index (χ3n) is 1.64. The van der Waals surface area contributed by atoms with Gasteiger partial charge in [0.25, 0.3) is 0 Å². The van der Waals surface area contributed by atoms with E-state index in [2.05, 4.69) is 5.32 Å². The molecule has 4 N–H and O–H groups in total. The number of nitrogens with zero attached hydrogens (tertiary/aromatic N) is 1. The van der Waals surface area contributed by atoms with Crippen LogP contribution < -0.4 is 11.1 Å². The van der Waals surface area contributed by atoms with E-state index < -0.39 is 17.9 Å². The van der Waals surface area contributed by atoms with Crippen LogP contribution in [0.1, 0.15) is 13.3 Å². The Morgan fingerprint density at radius 1 is 1.40 bits per heavy atom. The van der Waals surface area contributed by atoms with E-state index in [1.165, 1.54) is 0 Å². The van der Waals surface area contributed by atoms with E-state index in [4.69, 9.17) is 10.8 Å². The lowest BCUT2D eigenvalue weighted by atomic mass is 10.4. The molecule has 0 bridgehead atoms. The first-order valence-corrected chi connectivity index (χ1v) is 4.50. The van der Waals surface area contributed by atoms with Gasteiger partial charge < -0.3 is 21.1 Å². The Kier molecular flexibility index (Phi) is 5.84. The molecule has 0 rings (SSSR count). The van der Waals surface area contributed by atoms with Crippen LogP contribution in [0.4, 0.5) is 4.79 Å². The number of hydrogen-bond acceptors (Lipinski definition) is 3. The summed E-state index contributed by atoms with van der Waals surface area (Å²) in [4.78, 5) is 33.1. The summed E-state index contributed by atoms with van der Waals surface area (Å²) in [5, 5.41) is 10.9. The number of carboxylic acid groups (broad SMARTS) is 1. The summed E-state index contributed by atoms with van der Waals surface area (Å²) in [7, 11) is 0. The number of primary amides is 1. The highest BCUT2D eigenvalue weighted by atomic mass is 16.4. The Hall–Kier alpha value is -1.79. The van der Waals surface area contributed by atoms with Crippen molar-refractivity contribution in [3.63, 3.8) is 0 Å². The van der Waals surface area contributed by atoms with Gasteiger partial charge in [0.2, 0.25) is 5.91 Å². The summed E-state index contributed by atoms with van der Waals surface area (Å²) in [6.07, 6.45) is 0.0381. The second-order valence-corrected chi connectivity index (χ2v) is 2.86. The van der Waals surface area contributed by atoms with Crippen molar-refractivity contribution in [3.8, 4) is 0 Å². The molecule has 0 radical (unpaired) electrons. The molecular weight excluding hydrogens is 202 g/mol. The van der Waals surface area contributed by atoms with Gasteiger partial charge in [0.05, 0.1) is 0 Å². The molecule has 3 amide bonds. The zero-order chi connectivity index (χ0) is 11.8. The number of likely N-dealkylation sites (N-methyl/N-ethyl adjacent to an activating group) is 1. The number of amides is 3. The topological polar surface area (TPSA) is 113 Å².